The highest BCUT2D eigenvalue weighted by Gasteiger charge is 2.22. The van der Waals surface area contributed by atoms with Crippen LogP contribution in [0.1, 0.15) is 25.0 Å². The van der Waals surface area contributed by atoms with Crippen LogP contribution in [0.3, 0.4) is 0 Å². The first-order valence-corrected chi connectivity index (χ1v) is 6.24. The first-order chi connectivity index (χ1) is 8.29. The molecule has 0 aromatic carbocycles. The van der Waals surface area contributed by atoms with Crippen LogP contribution in [-0.2, 0) is 11.2 Å². The Morgan fingerprint density at radius 3 is 2.88 bits per heavy atom. The van der Waals surface area contributed by atoms with E-state index in [-0.39, 0.29) is 6.09 Å². The van der Waals surface area contributed by atoms with Gasteiger partial charge in [-0.3, -0.25) is 0 Å². The Bertz CT molecular complexity index is 340. The largest absolute Gasteiger partial charge is 0.453 e. The quantitative estimate of drug-likeness (QED) is 0.876. The number of carbonyl (C=O) groups excluding carboxylic acids is 1. The van der Waals surface area contributed by atoms with Crippen LogP contribution < -0.4 is 0 Å². The molecule has 1 saturated heterocycles. The zero-order valence-corrected chi connectivity index (χ0v) is 10.3. The van der Waals surface area contributed by atoms with Crippen LogP contribution in [0.25, 0.3) is 0 Å². The van der Waals surface area contributed by atoms with Crippen molar-refractivity contribution in [1.29, 1.82) is 0 Å². The lowest BCUT2D eigenvalue weighted by atomic mass is 9.92. The summed E-state index contributed by atoms with van der Waals surface area (Å²) in [5, 5.41) is 0. The number of nitrogens with zero attached hydrogens (tertiary/aromatic N) is 1. The number of methoxy groups -OCH3 is 1. The number of likely N-dealkylation sites (tertiary alicyclic amines) is 1. The molecule has 1 aromatic rings. The Balaban J connectivity index is 1.70. The number of rotatable bonds is 3. The van der Waals surface area contributed by atoms with Crippen LogP contribution in [0, 0.1) is 5.92 Å². The van der Waals surface area contributed by atoms with Crippen LogP contribution in [0.4, 0.5) is 4.79 Å². The van der Waals surface area contributed by atoms with E-state index < -0.39 is 0 Å². The van der Waals surface area contributed by atoms with E-state index in [4.69, 9.17) is 4.74 Å². The zero-order valence-electron chi connectivity index (χ0n) is 10.3. The second-order valence-electron chi connectivity index (χ2n) is 4.63. The molecular formula is C13H20N2O2. The Morgan fingerprint density at radius 2 is 2.29 bits per heavy atom. The fourth-order valence-corrected chi connectivity index (χ4v) is 2.42. The smallest absolute Gasteiger partial charge is 0.409 e. The molecule has 1 amide bonds. The number of hydrogen-bond acceptors (Lipinski definition) is 2. The summed E-state index contributed by atoms with van der Waals surface area (Å²) in [6, 6.07) is 4.17. The van der Waals surface area contributed by atoms with Gasteiger partial charge in [0.05, 0.1) is 7.11 Å². The number of piperidine rings is 1. The van der Waals surface area contributed by atoms with Crippen molar-refractivity contribution in [3.8, 4) is 0 Å². The molecule has 2 heterocycles. The van der Waals surface area contributed by atoms with Crippen LogP contribution in [0.2, 0.25) is 0 Å². The molecule has 1 aliphatic heterocycles. The first-order valence-electron chi connectivity index (χ1n) is 6.24. The molecule has 1 aliphatic rings. The Hall–Kier alpha value is -1.45. The molecule has 0 bridgehead atoms. The van der Waals surface area contributed by atoms with E-state index in [1.54, 1.807) is 4.90 Å². The van der Waals surface area contributed by atoms with Gasteiger partial charge < -0.3 is 14.6 Å². The number of ether oxygens (including phenoxy) is 1. The molecule has 17 heavy (non-hydrogen) atoms. The molecule has 0 spiro atoms. The number of carbonyl (C=O) groups is 1. The van der Waals surface area contributed by atoms with Gasteiger partial charge >= 0.3 is 6.09 Å². The molecule has 0 unspecified atom stereocenters. The summed E-state index contributed by atoms with van der Waals surface area (Å²) in [5.74, 6) is 0.735. The zero-order chi connectivity index (χ0) is 12.1. The number of amides is 1. The van der Waals surface area contributed by atoms with Crippen molar-refractivity contribution < 1.29 is 9.53 Å². The van der Waals surface area contributed by atoms with Gasteiger partial charge in [-0.15, -0.1) is 0 Å². The van der Waals surface area contributed by atoms with Crippen molar-refractivity contribution in [2.24, 2.45) is 5.92 Å². The number of aryl methyl sites for hydroxylation is 1. The summed E-state index contributed by atoms with van der Waals surface area (Å²) in [7, 11) is 1.44. The maximum absolute atomic E-state index is 11.3. The minimum atomic E-state index is -0.187. The Kier molecular flexibility index (Phi) is 4.07. The van der Waals surface area contributed by atoms with Gasteiger partial charge in [-0.25, -0.2) is 4.79 Å². The van der Waals surface area contributed by atoms with Gasteiger partial charge in [0.25, 0.3) is 0 Å². The third-order valence-electron chi connectivity index (χ3n) is 3.53. The predicted molar refractivity (Wildman–Crippen MR) is 65.8 cm³/mol. The maximum atomic E-state index is 11.3. The summed E-state index contributed by atoms with van der Waals surface area (Å²) in [6.07, 6.45) is 6.28. The van der Waals surface area contributed by atoms with Gasteiger partial charge in [-0.05, 0) is 43.7 Å². The molecule has 0 aliphatic carbocycles. The van der Waals surface area contributed by atoms with Gasteiger partial charge in [0, 0.05) is 25.0 Å². The molecule has 1 fully saturated rings. The summed E-state index contributed by atoms with van der Waals surface area (Å²) < 4.78 is 4.73. The normalized spacial score (nSPS) is 17.1. The minimum absolute atomic E-state index is 0.187. The van der Waals surface area contributed by atoms with E-state index in [0.717, 1.165) is 38.3 Å². The van der Waals surface area contributed by atoms with E-state index in [9.17, 15) is 4.79 Å². The standard InChI is InChI=1S/C13H20N2O2/c1-17-13(16)15-9-6-11(7-10-15)4-5-12-3-2-8-14-12/h2-3,8,11,14H,4-7,9-10H2,1H3. The predicted octanol–water partition coefficient (Wildman–Crippen LogP) is 2.43. The Morgan fingerprint density at radius 1 is 1.53 bits per heavy atom. The lowest BCUT2D eigenvalue weighted by molar-refractivity contribution is 0.105. The molecule has 1 N–H and O–H groups in total. The lowest BCUT2D eigenvalue weighted by Gasteiger charge is -2.30. The van der Waals surface area contributed by atoms with Gasteiger partial charge in [0.2, 0.25) is 0 Å². The Labute approximate surface area is 102 Å². The van der Waals surface area contributed by atoms with E-state index in [2.05, 4.69) is 11.1 Å². The molecular weight excluding hydrogens is 216 g/mol. The van der Waals surface area contributed by atoms with Crippen LogP contribution in [0.15, 0.2) is 18.3 Å². The summed E-state index contributed by atoms with van der Waals surface area (Å²) in [6.45, 7) is 1.67. The summed E-state index contributed by atoms with van der Waals surface area (Å²) >= 11 is 0. The minimum Gasteiger partial charge on any atom is -0.453 e. The van der Waals surface area contributed by atoms with E-state index >= 15 is 0 Å². The highest BCUT2D eigenvalue weighted by atomic mass is 16.5. The molecule has 4 heteroatoms. The lowest BCUT2D eigenvalue weighted by Crippen LogP contribution is -2.38. The van der Waals surface area contributed by atoms with Gasteiger partial charge in [0.1, 0.15) is 0 Å². The summed E-state index contributed by atoms with van der Waals surface area (Å²) in [4.78, 5) is 16.3. The van der Waals surface area contributed by atoms with E-state index in [1.165, 1.54) is 19.2 Å². The molecule has 0 radical (unpaired) electrons. The average molecular weight is 236 g/mol. The molecule has 1 aromatic heterocycles. The first kappa shape index (κ1) is 12.0. The molecule has 4 nitrogen and oxygen atoms in total. The molecule has 94 valence electrons. The van der Waals surface area contributed by atoms with Gasteiger partial charge in [0.15, 0.2) is 0 Å². The second kappa shape index (κ2) is 5.75. The molecule has 0 saturated carbocycles. The van der Waals surface area contributed by atoms with Crippen molar-refractivity contribution in [2.45, 2.75) is 25.7 Å². The van der Waals surface area contributed by atoms with Crippen LogP contribution in [0.5, 0.6) is 0 Å². The second-order valence-corrected chi connectivity index (χ2v) is 4.63. The summed E-state index contributed by atoms with van der Waals surface area (Å²) in [5.41, 5.74) is 1.31. The number of nitrogens with one attached hydrogen (secondary N) is 1. The average Bonchev–Trinajstić information content (AvgIpc) is 2.89. The fraction of sp³-hybridized carbons (Fsp3) is 0.615. The monoisotopic (exact) mass is 236 g/mol. The van der Waals surface area contributed by atoms with Crippen molar-refractivity contribution in [3.63, 3.8) is 0 Å². The van der Waals surface area contributed by atoms with Gasteiger partial charge in [-0.2, -0.15) is 0 Å². The van der Waals surface area contributed by atoms with E-state index in [0.29, 0.717) is 0 Å². The highest BCUT2D eigenvalue weighted by Crippen LogP contribution is 2.22. The number of H-pyrrole nitrogens is 1. The van der Waals surface area contributed by atoms with Crippen molar-refractivity contribution in [2.75, 3.05) is 20.2 Å². The van der Waals surface area contributed by atoms with Crippen LogP contribution in [-0.4, -0.2) is 36.2 Å². The number of hydrogen-bond donors (Lipinski definition) is 1. The van der Waals surface area contributed by atoms with Gasteiger partial charge in [-0.1, -0.05) is 0 Å². The third-order valence-corrected chi connectivity index (χ3v) is 3.53. The molecule has 0 atom stereocenters. The third kappa shape index (κ3) is 3.25. The highest BCUT2D eigenvalue weighted by molar-refractivity contribution is 5.67. The SMILES string of the molecule is COC(=O)N1CCC(CCc2ccc[nH]2)CC1. The topological polar surface area (TPSA) is 45.3 Å². The van der Waals surface area contributed by atoms with Crippen molar-refractivity contribution in [3.05, 3.63) is 24.0 Å². The van der Waals surface area contributed by atoms with Crippen molar-refractivity contribution in [1.82, 2.24) is 9.88 Å². The number of aromatic amines is 1. The fourth-order valence-electron chi connectivity index (χ4n) is 2.42. The van der Waals surface area contributed by atoms with Crippen molar-refractivity contribution >= 4 is 6.09 Å². The van der Waals surface area contributed by atoms with Crippen LogP contribution >= 0.6 is 0 Å². The maximum Gasteiger partial charge on any atom is 0.409 e. The van der Waals surface area contributed by atoms with E-state index in [1.807, 2.05) is 12.3 Å². The molecule has 2 rings (SSSR count). The number of aromatic nitrogens is 1.